The summed E-state index contributed by atoms with van der Waals surface area (Å²) in [6, 6.07) is 1.42. The smallest absolute Gasteiger partial charge is 0.0713 e. The summed E-state index contributed by atoms with van der Waals surface area (Å²) in [5.74, 6) is 0. The minimum absolute atomic E-state index is 0.990. The molecule has 1 nitrogen and oxygen atoms in total. The van der Waals surface area contributed by atoms with Crippen molar-refractivity contribution in [2.45, 2.75) is 39.4 Å². The van der Waals surface area contributed by atoms with E-state index in [1.165, 1.54) is 25.6 Å². The maximum Gasteiger partial charge on any atom is 0.0713 e. The Bertz CT molecular complexity index is 152. The van der Waals surface area contributed by atoms with E-state index in [-0.39, 0.29) is 0 Å². The number of nitrogens with zero attached hydrogens (tertiary/aromatic N) is 1. The van der Waals surface area contributed by atoms with Crippen molar-refractivity contribution in [3.05, 3.63) is 11.8 Å². The van der Waals surface area contributed by atoms with Crippen LogP contribution in [0.1, 0.15) is 20.3 Å². The van der Waals surface area contributed by atoms with Crippen LogP contribution in [0.5, 0.6) is 0 Å². The molecule has 0 saturated heterocycles. The molecule has 78 valence electrons. The molecule has 0 rings (SSSR count). The summed E-state index contributed by atoms with van der Waals surface area (Å²) < 4.78 is 0. The highest BCUT2D eigenvalue weighted by Crippen LogP contribution is 2.13. The van der Waals surface area contributed by atoms with Gasteiger partial charge in [-0.25, -0.2) is 0 Å². The topological polar surface area (TPSA) is 3.24 Å². The highest BCUT2D eigenvalue weighted by atomic mass is 28.3. The molecule has 0 aliphatic carbocycles. The van der Waals surface area contributed by atoms with Gasteiger partial charge in [0.15, 0.2) is 0 Å². The first-order chi connectivity index (χ1) is 6.02. The van der Waals surface area contributed by atoms with E-state index in [0.29, 0.717) is 0 Å². The van der Waals surface area contributed by atoms with Crippen LogP contribution in [0.4, 0.5) is 0 Å². The van der Waals surface area contributed by atoms with E-state index in [1.54, 1.807) is 0 Å². The Morgan fingerprint density at radius 3 is 2.38 bits per heavy atom. The van der Waals surface area contributed by atoms with Gasteiger partial charge in [-0.15, -0.1) is 0 Å². The Labute approximate surface area is 84.8 Å². The number of allylic oxidation sites excluding steroid dienone is 1. The minimum atomic E-state index is -0.990. The SMILES string of the molecule is C/C=C\[Si](C)(C)CCCN(C)CC. The van der Waals surface area contributed by atoms with Gasteiger partial charge in [0.1, 0.15) is 0 Å². The van der Waals surface area contributed by atoms with Crippen LogP contribution in [0.25, 0.3) is 0 Å². The molecule has 0 bridgehead atoms. The first-order valence-electron chi connectivity index (χ1n) is 5.34. The third kappa shape index (κ3) is 7.02. The third-order valence-corrected chi connectivity index (χ3v) is 5.40. The van der Waals surface area contributed by atoms with Crippen LogP contribution in [0, 0.1) is 0 Å². The number of hydrogen-bond acceptors (Lipinski definition) is 1. The van der Waals surface area contributed by atoms with E-state index < -0.39 is 8.07 Å². The molecule has 0 saturated carbocycles. The largest absolute Gasteiger partial charge is 0.307 e. The molecule has 0 radical (unpaired) electrons. The molecular formula is C11H25NSi. The van der Waals surface area contributed by atoms with Crippen LogP contribution >= 0.6 is 0 Å². The fraction of sp³-hybridized carbons (Fsp3) is 0.818. The maximum absolute atomic E-state index is 2.44. The van der Waals surface area contributed by atoms with Gasteiger partial charge in [-0.2, -0.15) is 0 Å². The lowest BCUT2D eigenvalue weighted by molar-refractivity contribution is 0.353. The normalized spacial score (nSPS) is 13.1. The summed E-state index contributed by atoms with van der Waals surface area (Å²) in [7, 11) is 1.21. The van der Waals surface area contributed by atoms with Crippen LogP contribution in [-0.4, -0.2) is 33.1 Å². The zero-order valence-electron chi connectivity index (χ0n) is 9.93. The molecule has 0 unspecified atom stereocenters. The van der Waals surface area contributed by atoms with Crippen molar-refractivity contribution in [2.75, 3.05) is 20.1 Å². The summed E-state index contributed by atoms with van der Waals surface area (Å²) in [6.07, 6.45) is 3.57. The van der Waals surface area contributed by atoms with Gasteiger partial charge >= 0.3 is 0 Å². The molecule has 0 atom stereocenters. The van der Waals surface area contributed by atoms with E-state index in [4.69, 9.17) is 0 Å². The number of rotatable bonds is 6. The lowest BCUT2D eigenvalue weighted by Gasteiger charge is -2.20. The molecule has 2 heteroatoms. The Morgan fingerprint density at radius 2 is 1.92 bits per heavy atom. The summed E-state index contributed by atoms with van der Waals surface area (Å²) in [4.78, 5) is 2.39. The third-order valence-electron chi connectivity index (χ3n) is 2.52. The van der Waals surface area contributed by atoms with Crippen molar-refractivity contribution in [1.29, 1.82) is 0 Å². The first kappa shape index (κ1) is 12.9. The molecule has 0 aliphatic rings. The maximum atomic E-state index is 2.44. The van der Waals surface area contributed by atoms with Crippen LogP contribution in [0.15, 0.2) is 11.8 Å². The fourth-order valence-electron chi connectivity index (χ4n) is 1.50. The first-order valence-corrected chi connectivity index (χ1v) is 8.62. The summed E-state index contributed by atoms with van der Waals surface area (Å²) in [6.45, 7) is 11.7. The predicted octanol–water partition coefficient (Wildman–Crippen LogP) is 3.15. The molecule has 0 heterocycles. The van der Waals surface area contributed by atoms with Gasteiger partial charge in [-0.05, 0) is 33.5 Å². The van der Waals surface area contributed by atoms with Crippen molar-refractivity contribution in [2.24, 2.45) is 0 Å². The molecule has 0 N–H and O–H groups in total. The molecule has 0 aromatic carbocycles. The van der Waals surface area contributed by atoms with Gasteiger partial charge in [-0.1, -0.05) is 37.8 Å². The highest BCUT2D eigenvalue weighted by molar-refractivity contribution is 6.82. The second-order valence-corrected chi connectivity index (χ2v) is 9.30. The average Bonchev–Trinajstić information content (AvgIpc) is 2.03. The highest BCUT2D eigenvalue weighted by Gasteiger charge is 2.15. The van der Waals surface area contributed by atoms with Gasteiger partial charge < -0.3 is 4.90 Å². The van der Waals surface area contributed by atoms with Crippen molar-refractivity contribution in [3.8, 4) is 0 Å². The summed E-state index contributed by atoms with van der Waals surface area (Å²) in [5.41, 5.74) is 2.44. The van der Waals surface area contributed by atoms with Crippen LogP contribution < -0.4 is 0 Å². The standard InChI is InChI=1S/C11H25NSi/c1-6-10-13(4,5)11-8-9-12(3)7-2/h6,10H,7-9,11H2,1-5H3/b10-6-. The Kier molecular flexibility index (Phi) is 6.34. The fourth-order valence-corrected chi connectivity index (χ4v) is 3.64. The lowest BCUT2D eigenvalue weighted by Crippen LogP contribution is -2.25. The van der Waals surface area contributed by atoms with Crippen LogP contribution in [-0.2, 0) is 0 Å². The zero-order valence-corrected chi connectivity index (χ0v) is 10.9. The van der Waals surface area contributed by atoms with E-state index >= 15 is 0 Å². The van der Waals surface area contributed by atoms with Crippen molar-refractivity contribution in [3.63, 3.8) is 0 Å². The monoisotopic (exact) mass is 199 g/mol. The van der Waals surface area contributed by atoms with Crippen molar-refractivity contribution < 1.29 is 0 Å². The van der Waals surface area contributed by atoms with E-state index in [1.807, 2.05) is 0 Å². The van der Waals surface area contributed by atoms with Crippen molar-refractivity contribution >= 4 is 8.07 Å². The summed E-state index contributed by atoms with van der Waals surface area (Å²) in [5, 5.41) is 0. The van der Waals surface area contributed by atoms with Crippen LogP contribution in [0.3, 0.4) is 0 Å². The van der Waals surface area contributed by atoms with E-state index in [0.717, 1.165) is 0 Å². The van der Waals surface area contributed by atoms with Crippen LogP contribution in [0.2, 0.25) is 19.1 Å². The second kappa shape index (κ2) is 6.38. The van der Waals surface area contributed by atoms with Gasteiger partial charge in [0, 0.05) is 0 Å². The van der Waals surface area contributed by atoms with Gasteiger partial charge in [0.25, 0.3) is 0 Å². The molecule has 0 spiro atoms. The van der Waals surface area contributed by atoms with Crippen molar-refractivity contribution in [1.82, 2.24) is 4.90 Å². The van der Waals surface area contributed by atoms with E-state index in [9.17, 15) is 0 Å². The zero-order chi connectivity index (χ0) is 10.3. The number of hydrogen-bond donors (Lipinski definition) is 0. The Morgan fingerprint density at radius 1 is 1.31 bits per heavy atom. The quantitative estimate of drug-likeness (QED) is 0.594. The van der Waals surface area contributed by atoms with E-state index in [2.05, 4.69) is 50.7 Å². The molecule has 0 amide bonds. The molecule has 13 heavy (non-hydrogen) atoms. The minimum Gasteiger partial charge on any atom is -0.307 e. The summed E-state index contributed by atoms with van der Waals surface area (Å²) >= 11 is 0. The Hall–Kier alpha value is -0.0831. The van der Waals surface area contributed by atoms with Gasteiger partial charge in [-0.3, -0.25) is 0 Å². The Balaban J connectivity index is 3.63. The molecule has 0 aromatic heterocycles. The average molecular weight is 199 g/mol. The lowest BCUT2D eigenvalue weighted by atomic mass is 10.4. The van der Waals surface area contributed by atoms with Gasteiger partial charge in [0.2, 0.25) is 0 Å². The molecule has 0 aromatic rings. The molecular weight excluding hydrogens is 174 g/mol. The predicted molar refractivity (Wildman–Crippen MR) is 64.9 cm³/mol. The molecule has 0 fully saturated rings. The second-order valence-electron chi connectivity index (χ2n) is 4.49. The van der Waals surface area contributed by atoms with Gasteiger partial charge in [0.05, 0.1) is 8.07 Å². The molecule has 0 aliphatic heterocycles.